The van der Waals surface area contributed by atoms with Gasteiger partial charge in [-0.25, -0.2) is 0 Å². The Bertz CT molecular complexity index is 557. The van der Waals surface area contributed by atoms with Gasteiger partial charge in [0.25, 0.3) is 5.91 Å². The van der Waals surface area contributed by atoms with Gasteiger partial charge in [0.1, 0.15) is 6.10 Å². The number of aryl methyl sites for hydroxylation is 1. The molecule has 1 aromatic rings. The van der Waals surface area contributed by atoms with Crippen LogP contribution >= 0.6 is 24.8 Å². The Morgan fingerprint density at radius 3 is 2.96 bits per heavy atom. The number of nitrogens with zero attached hydrogens (tertiary/aromatic N) is 1. The molecule has 136 valence electrons. The maximum absolute atomic E-state index is 12.5. The standard InChI is InChI=1S/C17H25N3O2.2ClH/c1-2-20-8-9-22-16(11-20)17(21)19-15-5-3-4-12-10-13(18)6-7-14(12)15;;/h6-7,10,15-16H,2-5,8-9,11,18H2,1H3,(H,19,21);2*1H. The molecule has 0 aromatic heterocycles. The lowest BCUT2D eigenvalue weighted by atomic mass is 9.87. The van der Waals surface area contributed by atoms with E-state index in [1.165, 1.54) is 11.1 Å². The van der Waals surface area contributed by atoms with Crippen molar-refractivity contribution in [2.24, 2.45) is 0 Å². The van der Waals surface area contributed by atoms with Gasteiger partial charge in [-0.05, 0) is 49.1 Å². The van der Waals surface area contributed by atoms with E-state index in [0.29, 0.717) is 13.2 Å². The first-order valence-corrected chi connectivity index (χ1v) is 8.20. The molecule has 1 amide bonds. The summed E-state index contributed by atoms with van der Waals surface area (Å²) in [5.74, 6) is 0.00725. The number of fused-ring (bicyclic) bond motifs is 1. The van der Waals surface area contributed by atoms with Crippen LogP contribution in [0.5, 0.6) is 0 Å². The first kappa shape index (κ1) is 21.0. The Hall–Kier alpha value is -1.01. The van der Waals surface area contributed by atoms with Crippen LogP contribution in [0, 0.1) is 0 Å². The van der Waals surface area contributed by atoms with Crippen LogP contribution in [-0.4, -0.2) is 43.2 Å². The summed E-state index contributed by atoms with van der Waals surface area (Å²) in [7, 11) is 0. The van der Waals surface area contributed by atoms with E-state index in [9.17, 15) is 4.79 Å². The fourth-order valence-corrected chi connectivity index (χ4v) is 3.40. The van der Waals surface area contributed by atoms with Gasteiger partial charge in [-0.3, -0.25) is 9.69 Å². The third-order valence-corrected chi connectivity index (χ3v) is 4.69. The van der Waals surface area contributed by atoms with Crippen molar-refractivity contribution in [3.05, 3.63) is 29.3 Å². The number of halogens is 2. The highest BCUT2D eigenvalue weighted by molar-refractivity contribution is 5.85. The first-order valence-electron chi connectivity index (χ1n) is 8.20. The minimum Gasteiger partial charge on any atom is -0.399 e. The number of carbonyl (C=O) groups is 1. The van der Waals surface area contributed by atoms with Crippen molar-refractivity contribution in [2.75, 3.05) is 32.0 Å². The van der Waals surface area contributed by atoms with Crippen molar-refractivity contribution >= 4 is 36.4 Å². The zero-order valence-electron chi connectivity index (χ0n) is 14.0. The molecule has 5 nitrogen and oxygen atoms in total. The first-order chi connectivity index (χ1) is 10.7. The second-order valence-corrected chi connectivity index (χ2v) is 6.16. The topological polar surface area (TPSA) is 67.6 Å². The Morgan fingerprint density at radius 1 is 1.42 bits per heavy atom. The third kappa shape index (κ3) is 4.76. The predicted molar refractivity (Wildman–Crippen MR) is 101 cm³/mol. The zero-order valence-corrected chi connectivity index (χ0v) is 15.6. The van der Waals surface area contributed by atoms with E-state index in [4.69, 9.17) is 10.5 Å². The van der Waals surface area contributed by atoms with Crippen LogP contribution in [0.2, 0.25) is 0 Å². The summed E-state index contributed by atoms with van der Waals surface area (Å²) >= 11 is 0. The second-order valence-electron chi connectivity index (χ2n) is 6.16. The summed E-state index contributed by atoms with van der Waals surface area (Å²) in [6.07, 6.45) is 2.74. The molecule has 1 fully saturated rings. The normalized spacial score (nSPS) is 23.4. The van der Waals surface area contributed by atoms with Gasteiger partial charge in [-0.1, -0.05) is 13.0 Å². The molecule has 2 atom stereocenters. The van der Waals surface area contributed by atoms with Gasteiger partial charge < -0.3 is 15.8 Å². The largest absolute Gasteiger partial charge is 0.399 e. The highest BCUT2D eigenvalue weighted by Crippen LogP contribution is 2.31. The van der Waals surface area contributed by atoms with Gasteiger partial charge in [-0.15, -0.1) is 24.8 Å². The molecular weight excluding hydrogens is 349 g/mol. The molecule has 0 spiro atoms. The van der Waals surface area contributed by atoms with Gasteiger partial charge in [0, 0.05) is 18.8 Å². The fourth-order valence-electron chi connectivity index (χ4n) is 3.40. The van der Waals surface area contributed by atoms with E-state index < -0.39 is 0 Å². The number of nitrogen functional groups attached to an aromatic ring is 1. The van der Waals surface area contributed by atoms with Crippen LogP contribution in [0.4, 0.5) is 5.69 Å². The molecule has 2 aliphatic rings. The number of nitrogens with one attached hydrogen (secondary N) is 1. The summed E-state index contributed by atoms with van der Waals surface area (Å²) in [6.45, 7) is 5.29. The van der Waals surface area contributed by atoms with Gasteiger partial charge in [-0.2, -0.15) is 0 Å². The van der Waals surface area contributed by atoms with E-state index in [1.54, 1.807) is 0 Å². The minimum absolute atomic E-state index is 0. The van der Waals surface area contributed by atoms with Crippen LogP contribution in [0.1, 0.15) is 36.9 Å². The van der Waals surface area contributed by atoms with E-state index in [1.807, 2.05) is 12.1 Å². The summed E-state index contributed by atoms with van der Waals surface area (Å²) < 4.78 is 5.65. The van der Waals surface area contributed by atoms with Crippen molar-refractivity contribution in [2.45, 2.75) is 38.3 Å². The summed E-state index contributed by atoms with van der Waals surface area (Å²) in [5, 5.41) is 3.18. The monoisotopic (exact) mass is 375 g/mol. The molecule has 7 heteroatoms. The SMILES string of the molecule is CCN1CCOC(C(=O)NC2CCCc3cc(N)ccc32)C1.Cl.Cl. The third-order valence-electron chi connectivity index (χ3n) is 4.69. The molecule has 1 aromatic carbocycles. The molecule has 3 rings (SSSR count). The van der Waals surface area contributed by atoms with Crippen LogP contribution in [0.15, 0.2) is 18.2 Å². The molecule has 0 bridgehead atoms. The summed E-state index contributed by atoms with van der Waals surface area (Å²) in [4.78, 5) is 14.8. The van der Waals surface area contributed by atoms with E-state index >= 15 is 0 Å². The number of carbonyl (C=O) groups excluding carboxylic acids is 1. The van der Waals surface area contributed by atoms with Crippen molar-refractivity contribution < 1.29 is 9.53 Å². The molecule has 1 aliphatic carbocycles. The number of amides is 1. The maximum atomic E-state index is 12.5. The Kier molecular flexibility index (Phi) is 8.30. The number of benzene rings is 1. The number of rotatable bonds is 3. The Morgan fingerprint density at radius 2 is 2.21 bits per heavy atom. The van der Waals surface area contributed by atoms with Crippen LogP contribution < -0.4 is 11.1 Å². The molecule has 1 aliphatic heterocycles. The van der Waals surface area contributed by atoms with Crippen molar-refractivity contribution in [1.29, 1.82) is 0 Å². The Balaban J connectivity index is 0.00000144. The van der Waals surface area contributed by atoms with Gasteiger partial charge in [0.2, 0.25) is 0 Å². The molecule has 3 N–H and O–H groups in total. The lowest BCUT2D eigenvalue weighted by Crippen LogP contribution is -2.50. The summed E-state index contributed by atoms with van der Waals surface area (Å²) in [6, 6.07) is 6.08. The number of anilines is 1. The zero-order chi connectivity index (χ0) is 15.5. The van der Waals surface area contributed by atoms with Crippen LogP contribution in [0.3, 0.4) is 0 Å². The van der Waals surface area contributed by atoms with Crippen molar-refractivity contribution in [3.63, 3.8) is 0 Å². The molecule has 2 unspecified atom stereocenters. The number of hydrogen-bond acceptors (Lipinski definition) is 4. The highest BCUT2D eigenvalue weighted by atomic mass is 35.5. The van der Waals surface area contributed by atoms with Gasteiger partial charge in [0.15, 0.2) is 0 Å². The number of ether oxygens (including phenoxy) is 1. The van der Waals surface area contributed by atoms with Crippen molar-refractivity contribution in [1.82, 2.24) is 10.2 Å². The van der Waals surface area contributed by atoms with Gasteiger partial charge >= 0.3 is 0 Å². The lowest BCUT2D eigenvalue weighted by molar-refractivity contribution is -0.139. The molecule has 1 saturated heterocycles. The van der Waals surface area contributed by atoms with E-state index in [0.717, 1.165) is 38.0 Å². The number of morpholine rings is 1. The maximum Gasteiger partial charge on any atom is 0.250 e. The van der Waals surface area contributed by atoms with E-state index in [2.05, 4.69) is 23.2 Å². The number of hydrogen-bond donors (Lipinski definition) is 2. The predicted octanol–water partition coefficient (Wildman–Crippen LogP) is 2.33. The number of nitrogens with two attached hydrogens (primary N) is 1. The smallest absolute Gasteiger partial charge is 0.250 e. The highest BCUT2D eigenvalue weighted by Gasteiger charge is 2.29. The van der Waals surface area contributed by atoms with Gasteiger partial charge in [0.05, 0.1) is 12.6 Å². The summed E-state index contributed by atoms with van der Waals surface area (Å²) in [5.41, 5.74) is 9.12. The van der Waals surface area contributed by atoms with Crippen molar-refractivity contribution in [3.8, 4) is 0 Å². The quantitative estimate of drug-likeness (QED) is 0.795. The number of likely N-dealkylation sites (N-methyl/N-ethyl adjacent to an activating group) is 1. The van der Waals surface area contributed by atoms with Crippen LogP contribution in [0.25, 0.3) is 0 Å². The molecule has 0 saturated carbocycles. The van der Waals surface area contributed by atoms with E-state index in [-0.39, 0.29) is 42.9 Å². The molecule has 1 heterocycles. The average molecular weight is 376 g/mol. The van der Waals surface area contributed by atoms with Crippen LogP contribution in [-0.2, 0) is 16.0 Å². The molecule has 0 radical (unpaired) electrons. The fraction of sp³-hybridized carbons (Fsp3) is 0.588. The average Bonchev–Trinajstić information content (AvgIpc) is 2.54. The second kappa shape index (κ2) is 9.47. The molecule has 24 heavy (non-hydrogen) atoms. The molecular formula is C17H27Cl2N3O2. The Labute approximate surface area is 156 Å². The lowest BCUT2D eigenvalue weighted by Gasteiger charge is -2.33. The minimum atomic E-state index is -0.354.